The fourth-order valence-corrected chi connectivity index (χ4v) is 3.81. The van der Waals surface area contributed by atoms with Crippen LogP contribution in [0.1, 0.15) is 68.6 Å². The Hall–Kier alpha value is -0.850. The monoisotopic (exact) mass is 243 g/mol. The molecular weight excluding hydrogens is 218 g/mol. The van der Waals surface area contributed by atoms with Gasteiger partial charge in [0, 0.05) is 11.4 Å². The van der Waals surface area contributed by atoms with E-state index in [0.717, 1.165) is 5.92 Å². The van der Waals surface area contributed by atoms with Crippen LogP contribution in [0.2, 0.25) is 0 Å². The van der Waals surface area contributed by atoms with E-state index in [-0.39, 0.29) is 0 Å². The molecule has 0 saturated carbocycles. The highest BCUT2D eigenvalue weighted by molar-refractivity contribution is 5.48. The van der Waals surface area contributed by atoms with Gasteiger partial charge in [-0.15, -0.1) is 0 Å². The second kappa shape index (κ2) is 4.08. The van der Waals surface area contributed by atoms with E-state index in [9.17, 15) is 0 Å². The van der Waals surface area contributed by atoms with E-state index in [0.29, 0.717) is 5.41 Å². The lowest BCUT2D eigenvalue weighted by molar-refractivity contribution is 0.494. The summed E-state index contributed by atoms with van der Waals surface area (Å²) in [5.74, 6) is 0.793. The first-order valence-corrected chi connectivity index (χ1v) is 7.57. The quantitative estimate of drug-likeness (QED) is 0.765. The standard InChI is InChI=1S/C17H25N/c1-5-17(3,4)16-12-7-6-8-14(12)18-15-10-11(2)9-13(15)16/h11H,5-10H2,1-4H3. The van der Waals surface area contributed by atoms with E-state index in [1.54, 1.807) is 16.7 Å². The highest BCUT2D eigenvalue weighted by Gasteiger charge is 2.34. The number of aryl methyl sites for hydroxylation is 1. The van der Waals surface area contributed by atoms with Crippen molar-refractivity contribution in [1.82, 2.24) is 4.98 Å². The molecule has 1 nitrogen and oxygen atoms in total. The van der Waals surface area contributed by atoms with Crippen molar-refractivity contribution in [2.45, 2.75) is 71.6 Å². The predicted molar refractivity (Wildman–Crippen MR) is 76.2 cm³/mol. The fourth-order valence-electron chi connectivity index (χ4n) is 3.81. The molecule has 0 bridgehead atoms. The van der Waals surface area contributed by atoms with Gasteiger partial charge in [-0.25, -0.2) is 0 Å². The summed E-state index contributed by atoms with van der Waals surface area (Å²) >= 11 is 0. The van der Waals surface area contributed by atoms with Gasteiger partial charge in [-0.1, -0.05) is 27.7 Å². The Morgan fingerprint density at radius 2 is 1.89 bits per heavy atom. The molecular formula is C17H25N. The maximum Gasteiger partial charge on any atom is 0.0444 e. The molecule has 3 rings (SSSR count). The Kier molecular flexibility index (Phi) is 2.76. The topological polar surface area (TPSA) is 12.9 Å². The maximum absolute atomic E-state index is 4.99. The highest BCUT2D eigenvalue weighted by atomic mass is 14.7. The number of fused-ring (bicyclic) bond motifs is 2. The number of nitrogens with zero attached hydrogens (tertiary/aromatic N) is 1. The fraction of sp³-hybridized carbons (Fsp3) is 0.706. The molecule has 0 radical (unpaired) electrons. The molecule has 1 heterocycles. The van der Waals surface area contributed by atoms with Crippen LogP contribution >= 0.6 is 0 Å². The highest BCUT2D eigenvalue weighted by Crippen LogP contribution is 2.41. The van der Waals surface area contributed by atoms with Crippen molar-refractivity contribution in [3.8, 4) is 0 Å². The van der Waals surface area contributed by atoms with Crippen molar-refractivity contribution in [3.63, 3.8) is 0 Å². The van der Waals surface area contributed by atoms with Crippen molar-refractivity contribution in [2.75, 3.05) is 0 Å². The third-order valence-corrected chi connectivity index (χ3v) is 5.07. The molecule has 0 fully saturated rings. The number of rotatable bonds is 2. The van der Waals surface area contributed by atoms with Crippen LogP contribution in [0.3, 0.4) is 0 Å². The molecule has 0 amide bonds. The molecule has 98 valence electrons. The van der Waals surface area contributed by atoms with Crippen molar-refractivity contribution in [1.29, 1.82) is 0 Å². The van der Waals surface area contributed by atoms with Gasteiger partial charge in [0.2, 0.25) is 0 Å². The Morgan fingerprint density at radius 3 is 2.61 bits per heavy atom. The molecule has 0 N–H and O–H groups in total. The Labute approximate surface area is 111 Å². The SMILES string of the molecule is CCC(C)(C)c1c2c(nc3c1CC(C)C3)CCC2. The van der Waals surface area contributed by atoms with Gasteiger partial charge >= 0.3 is 0 Å². The van der Waals surface area contributed by atoms with Gasteiger partial charge in [0.1, 0.15) is 0 Å². The molecule has 2 aliphatic rings. The second-order valence-electron chi connectivity index (χ2n) is 6.94. The average molecular weight is 243 g/mol. The minimum absolute atomic E-state index is 0.325. The molecule has 1 atom stereocenters. The van der Waals surface area contributed by atoms with Gasteiger partial charge < -0.3 is 0 Å². The predicted octanol–water partition coefficient (Wildman–Crippen LogP) is 3.99. The molecule has 0 saturated heterocycles. The van der Waals surface area contributed by atoms with Crippen LogP contribution in [0, 0.1) is 5.92 Å². The van der Waals surface area contributed by atoms with Gasteiger partial charge in [-0.2, -0.15) is 0 Å². The van der Waals surface area contributed by atoms with E-state index in [2.05, 4.69) is 27.7 Å². The largest absolute Gasteiger partial charge is 0.257 e. The molecule has 0 aliphatic heterocycles. The molecule has 0 spiro atoms. The number of hydrogen-bond donors (Lipinski definition) is 0. The summed E-state index contributed by atoms with van der Waals surface area (Å²) in [7, 11) is 0. The lowest BCUT2D eigenvalue weighted by atomic mass is 9.76. The summed E-state index contributed by atoms with van der Waals surface area (Å²) < 4.78 is 0. The Bertz CT molecular complexity index is 485. The maximum atomic E-state index is 4.99. The van der Waals surface area contributed by atoms with Crippen LogP contribution in [0.15, 0.2) is 0 Å². The van der Waals surface area contributed by atoms with Crippen LogP contribution < -0.4 is 0 Å². The molecule has 0 aromatic carbocycles. The van der Waals surface area contributed by atoms with Gasteiger partial charge in [0.15, 0.2) is 0 Å². The first kappa shape index (κ1) is 12.2. The number of pyridine rings is 1. The van der Waals surface area contributed by atoms with Gasteiger partial charge in [-0.05, 0) is 66.5 Å². The Morgan fingerprint density at radius 1 is 1.11 bits per heavy atom. The summed E-state index contributed by atoms with van der Waals surface area (Å²) in [4.78, 5) is 4.99. The molecule has 2 aliphatic carbocycles. The first-order valence-electron chi connectivity index (χ1n) is 7.57. The molecule has 1 heteroatoms. The second-order valence-corrected chi connectivity index (χ2v) is 6.94. The Balaban J connectivity index is 2.23. The zero-order chi connectivity index (χ0) is 12.9. The molecule has 1 aromatic rings. The van der Waals surface area contributed by atoms with Gasteiger partial charge in [0.05, 0.1) is 0 Å². The normalized spacial score (nSPS) is 22.1. The zero-order valence-electron chi connectivity index (χ0n) is 12.3. The van der Waals surface area contributed by atoms with Crippen molar-refractivity contribution in [2.24, 2.45) is 5.92 Å². The van der Waals surface area contributed by atoms with E-state index in [1.807, 2.05) is 0 Å². The van der Waals surface area contributed by atoms with Crippen molar-refractivity contribution >= 4 is 0 Å². The van der Waals surface area contributed by atoms with Gasteiger partial charge in [0.25, 0.3) is 0 Å². The molecule has 18 heavy (non-hydrogen) atoms. The lowest BCUT2D eigenvalue weighted by Crippen LogP contribution is -2.21. The van der Waals surface area contributed by atoms with Crippen molar-refractivity contribution < 1.29 is 0 Å². The summed E-state index contributed by atoms with van der Waals surface area (Å²) in [6.45, 7) is 9.54. The number of aromatic nitrogens is 1. The van der Waals surface area contributed by atoms with Crippen LogP contribution in [0.25, 0.3) is 0 Å². The molecule has 1 unspecified atom stereocenters. The summed E-state index contributed by atoms with van der Waals surface area (Å²) in [6, 6.07) is 0. The van der Waals surface area contributed by atoms with Crippen LogP contribution in [-0.2, 0) is 31.1 Å². The van der Waals surface area contributed by atoms with Crippen molar-refractivity contribution in [3.05, 3.63) is 28.1 Å². The van der Waals surface area contributed by atoms with E-state index in [1.165, 1.54) is 49.9 Å². The van der Waals surface area contributed by atoms with E-state index in [4.69, 9.17) is 4.98 Å². The third-order valence-electron chi connectivity index (χ3n) is 5.07. The summed E-state index contributed by atoms with van der Waals surface area (Å²) in [5.41, 5.74) is 8.11. The van der Waals surface area contributed by atoms with E-state index >= 15 is 0 Å². The molecule has 1 aromatic heterocycles. The minimum atomic E-state index is 0.325. The van der Waals surface area contributed by atoms with Crippen LogP contribution in [0.5, 0.6) is 0 Å². The van der Waals surface area contributed by atoms with Crippen LogP contribution in [0.4, 0.5) is 0 Å². The average Bonchev–Trinajstić information content (AvgIpc) is 2.89. The summed E-state index contributed by atoms with van der Waals surface area (Å²) in [6.07, 6.45) is 7.48. The smallest absolute Gasteiger partial charge is 0.0444 e. The first-order chi connectivity index (χ1) is 8.53. The van der Waals surface area contributed by atoms with Crippen LogP contribution in [-0.4, -0.2) is 4.98 Å². The zero-order valence-corrected chi connectivity index (χ0v) is 12.3. The van der Waals surface area contributed by atoms with Gasteiger partial charge in [-0.3, -0.25) is 4.98 Å². The number of hydrogen-bond acceptors (Lipinski definition) is 1. The third kappa shape index (κ3) is 1.71. The minimum Gasteiger partial charge on any atom is -0.257 e. The lowest BCUT2D eigenvalue weighted by Gasteiger charge is -2.29. The summed E-state index contributed by atoms with van der Waals surface area (Å²) in [5, 5.41) is 0. The van der Waals surface area contributed by atoms with E-state index < -0.39 is 0 Å².